The molecule has 0 bridgehead atoms. The Kier molecular flexibility index (Phi) is 7.05. The largest absolute Gasteiger partial charge is 0.493 e. The Hall–Kier alpha value is -3.09. The summed E-state index contributed by atoms with van der Waals surface area (Å²) in [5.41, 5.74) is 1.45. The Labute approximate surface area is 171 Å². The minimum atomic E-state index is -0.163. The maximum Gasteiger partial charge on any atom is 0.270 e. The molecular weight excluding hydrogens is 370 g/mol. The first-order valence-electron chi connectivity index (χ1n) is 9.81. The number of hydrogen-bond acceptors (Lipinski definition) is 5. The smallest absolute Gasteiger partial charge is 0.270 e. The lowest BCUT2D eigenvalue weighted by molar-refractivity contribution is -0.132. The molecule has 0 radical (unpaired) electrons. The van der Waals surface area contributed by atoms with E-state index in [0.29, 0.717) is 43.1 Å². The van der Waals surface area contributed by atoms with Gasteiger partial charge in [-0.05, 0) is 49.1 Å². The van der Waals surface area contributed by atoms with Crippen molar-refractivity contribution >= 4 is 11.8 Å². The van der Waals surface area contributed by atoms with E-state index in [1.807, 2.05) is 23.1 Å². The second-order valence-electron chi connectivity index (χ2n) is 7.03. The molecule has 1 aliphatic rings. The minimum Gasteiger partial charge on any atom is -0.493 e. The third-order valence-corrected chi connectivity index (χ3v) is 5.16. The fourth-order valence-electron chi connectivity index (χ4n) is 3.48. The molecule has 29 heavy (non-hydrogen) atoms. The lowest BCUT2D eigenvalue weighted by Gasteiger charge is -2.32. The van der Waals surface area contributed by atoms with Crippen LogP contribution in [0.3, 0.4) is 0 Å². The molecule has 1 aliphatic heterocycles. The number of nitrogens with zero attached hydrogens (tertiary/aromatic N) is 2. The van der Waals surface area contributed by atoms with Gasteiger partial charge in [0, 0.05) is 31.7 Å². The molecule has 7 nitrogen and oxygen atoms in total. The highest BCUT2D eigenvalue weighted by molar-refractivity contribution is 5.92. The quantitative estimate of drug-likeness (QED) is 0.776. The summed E-state index contributed by atoms with van der Waals surface area (Å²) < 4.78 is 10.6. The van der Waals surface area contributed by atoms with E-state index in [0.717, 1.165) is 18.4 Å². The van der Waals surface area contributed by atoms with Crippen LogP contribution in [-0.2, 0) is 11.2 Å². The van der Waals surface area contributed by atoms with Crippen LogP contribution in [0.2, 0.25) is 0 Å². The van der Waals surface area contributed by atoms with Gasteiger partial charge in [0.15, 0.2) is 11.5 Å². The van der Waals surface area contributed by atoms with Crippen LogP contribution >= 0.6 is 0 Å². The molecule has 2 amide bonds. The molecule has 2 heterocycles. The van der Waals surface area contributed by atoms with Gasteiger partial charge in [0.05, 0.1) is 14.2 Å². The summed E-state index contributed by atoms with van der Waals surface area (Å²) in [6.45, 7) is 1.30. The third-order valence-electron chi connectivity index (χ3n) is 5.16. The van der Waals surface area contributed by atoms with E-state index < -0.39 is 0 Å². The Morgan fingerprint density at radius 3 is 2.52 bits per heavy atom. The number of carbonyl (C=O) groups excluding carboxylic acids is 2. The van der Waals surface area contributed by atoms with Gasteiger partial charge in [-0.3, -0.25) is 14.6 Å². The number of benzene rings is 1. The highest BCUT2D eigenvalue weighted by Crippen LogP contribution is 2.28. The number of carbonyl (C=O) groups is 2. The standard InChI is InChI=1S/C22H27N3O4/c1-28-19-8-6-16(15-20(19)29-2)7-9-21(26)25-13-10-17(11-14-25)24-22(27)18-5-3-4-12-23-18/h3-6,8,12,15,17H,7,9-11,13-14H2,1-2H3,(H,24,27). The predicted molar refractivity (Wildman–Crippen MR) is 109 cm³/mol. The topological polar surface area (TPSA) is 80.8 Å². The van der Waals surface area contributed by atoms with Crippen molar-refractivity contribution < 1.29 is 19.1 Å². The number of pyridine rings is 1. The molecule has 1 N–H and O–H groups in total. The lowest BCUT2D eigenvalue weighted by atomic mass is 10.0. The fraction of sp³-hybridized carbons (Fsp3) is 0.409. The number of rotatable bonds is 7. The van der Waals surface area contributed by atoms with Gasteiger partial charge in [-0.15, -0.1) is 0 Å². The molecule has 3 rings (SSSR count). The van der Waals surface area contributed by atoms with Crippen molar-refractivity contribution in [3.05, 3.63) is 53.9 Å². The zero-order chi connectivity index (χ0) is 20.6. The van der Waals surface area contributed by atoms with Crippen molar-refractivity contribution in [2.24, 2.45) is 0 Å². The summed E-state index contributed by atoms with van der Waals surface area (Å²) >= 11 is 0. The number of nitrogens with one attached hydrogen (secondary N) is 1. The molecule has 1 aromatic carbocycles. The van der Waals surface area contributed by atoms with Crippen molar-refractivity contribution in [3.63, 3.8) is 0 Å². The van der Waals surface area contributed by atoms with Crippen LogP contribution in [0.25, 0.3) is 0 Å². The molecule has 0 saturated carbocycles. The van der Waals surface area contributed by atoms with Crippen LogP contribution < -0.4 is 14.8 Å². The van der Waals surface area contributed by atoms with Gasteiger partial charge in [0.2, 0.25) is 5.91 Å². The molecule has 0 aliphatic carbocycles. The minimum absolute atomic E-state index is 0.0689. The number of hydrogen-bond donors (Lipinski definition) is 1. The number of amides is 2. The molecule has 1 fully saturated rings. The van der Waals surface area contributed by atoms with E-state index in [2.05, 4.69) is 10.3 Å². The first-order valence-corrected chi connectivity index (χ1v) is 9.81. The second-order valence-corrected chi connectivity index (χ2v) is 7.03. The Morgan fingerprint density at radius 1 is 1.10 bits per heavy atom. The van der Waals surface area contributed by atoms with E-state index >= 15 is 0 Å². The zero-order valence-electron chi connectivity index (χ0n) is 16.9. The van der Waals surface area contributed by atoms with Gasteiger partial charge in [-0.1, -0.05) is 12.1 Å². The average molecular weight is 397 g/mol. The number of likely N-dealkylation sites (tertiary alicyclic amines) is 1. The predicted octanol–water partition coefficient (Wildman–Crippen LogP) is 2.45. The van der Waals surface area contributed by atoms with Gasteiger partial charge in [0.25, 0.3) is 5.91 Å². The van der Waals surface area contributed by atoms with Crippen molar-refractivity contribution in [2.75, 3.05) is 27.3 Å². The van der Waals surface area contributed by atoms with Gasteiger partial charge in [0.1, 0.15) is 5.69 Å². The molecule has 1 aromatic heterocycles. The number of piperidine rings is 1. The Morgan fingerprint density at radius 2 is 1.86 bits per heavy atom. The molecule has 1 saturated heterocycles. The normalized spacial score (nSPS) is 14.3. The van der Waals surface area contributed by atoms with Gasteiger partial charge in [-0.25, -0.2) is 0 Å². The molecule has 7 heteroatoms. The first-order chi connectivity index (χ1) is 14.1. The molecule has 2 aromatic rings. The van der Waals surface area contributed by atoms with E-state index in [1.165, 1.54) is 0 Å². The van der Waals surface area contributed by atoms with Crippen LogP contribution in [0.1, 0.15) is 35.3 Å². The van der Waals surface area contributed by atoms with E-state index in [9.17, 15) is 9.59 Å². The van der Waals surface area contributed by atoms with Crippen molar-refractivity contribution in [1.29, 1.82) is 0 Å². The summed E-state index contributed by atoms with van der Waals surface area (Å²) in [5.74, 6) is 1.32. The second kappa shape index (κ2) is 9.91. The van der Waals surface area contributed by atoms with Gasteiger partial charge in [-0.2, -0.15) is 0 Å². The van der Waals surface area contributed by atoms with Crippen LogP contribution in [0.15, 0.2) is 42.6 Å². The van der Waals surface area contributed by atoms with Crippen molar-refractivity contribution in [3.8, 4) is 11.5 Å². The molecule has 0 unspecified atom stereocenters. The average Bonchev–Trinajstić information content (AvgIpc) is 2.78. The van der Waals surface area contributed by atoms with Crippen LogP contribution in [-0.4, -0.2) is 55.0 Å². The van der Waals surface area contributed by atoms with E-state index in [4.69, 9.17) is 9.47 Å². The highest BCUT2D eigenvalue weighted by atomic mass is 16.5. The summed E-state index contributed by atoms with van der Waals surface area (Å²) in [4.78, 5) is 30.7. The Bertz CT molecular complexity index is 833. The number of methoxy groups -OCH3 is 2. The third kappa shape index (κ3) is 5.47. The summed E-state index contributed by atoms with van der Waals surface area (Å²) in [6, 6.07) is 11.1. The highest BCUT2D eigenvalue weighted by Gasteiger charge is 2.24. The van der Waals surface area contributed by atoms with Crippen LogP contribution in [0.4, 0.5) is 0 Å². The summed E-state index contributed by atoms with van der Waals surface area (Å²) in [5, 5.41) is 3.01. The maximum absolute atomic E-state index is 12.6. The van der Waals surface area contributed by atoms with Crippen LogP contribution in [0, 0.1) is 0 Å². The van der Waals surface area contributed by atoms with Gasteiger partial charge < -0.3 is 19.7 Å². The molecule has 0 atom stereocenters. The molecule has 154 valence electrons. The Balaban J connectivity index is 1.45. The van der Waals surface area contributed by atoms with Gasteiger partial charge >= 0.3 is 0 Å². The number of aryl methyl sites for hydroxylation is 1. The lowest BCUT2D eigenvalue weighted by Crippen LogP contribution is -2.46. The molecule has 0 spiro atoms. The van der Waals surface area contributed by atoms with Crippen LogP contribution in [0.5, 0.6) is 11.5 Å². The SMILES string of the molecule is COc1ccc(CCC(=O)N2CCC(NC(=O)c3ccccn3)CC2)cc1OC. The first kappa shape index (κ1) is 20.6. The number of aromatic nitrogens is 1. The monoisotopic (exact) mass is 397 g/mol. The fourth-order valence-corrected chi connectivity index (χ4v) is 3.48. The van der Waals surface area contributed by atoms with E-state index in [1.54, 1.807) is 38.6 Å². The number of ether oxygens (including phenoxy) is 2. The summed E-state index contributed by atoms with van der Waals surface area (Å²) in [7, 11) is 3.20. The van der Waals surface area contributed by atoms with Crippen molar-refractivity contribution in [2.45, 2.75) is 31.7 Å². The van der Waals surface area contributed by atoms with E-state index in [-0.39, 0.29) is 17.9 Å². The maximum atomic E-state index is 12.6. The van der Waals surface area contributed by atoms with Crippen molar-refractivity contribution in [1.82, 2.24) is 15.2 Å². The zero-order valence-corrected chi connectivity index (χ0v) is 16.9. The molecular formula is C22H27N3O4. The summed E-state index contributed by atoms with van der Waals surface area (Å²) in [6.07, 6.45) is 4.20.